The number of primary amides is 1. The zero-order chi connectivity index (χ0) is 23.5. The van der Waals surface area contributed by atoms with Crippen molar-refractivity contribution in [1.29, 1.82) is 0 Å². The molecular formula is C25H30N6O2. The van der Waals surface area contributed by atoms with Crippen molar-refractivity contribution in [3.8, 4) is 11.3 Å². The molecule has 8 nitrogen and oxygen atoms in total. The van der Waals surface area contributed by atoms with Gasteiger partial charge in [0.15, 0.2) is 5.82 Å². The van der Waals surface area contributed by atoms with Gasteiger partial charge in [0.25, 0.3) is 5.56 Å². The molecule has 33 heavy (non-hydrogen) atoms. The number of likely N-dealkylation sites (N-methyl/N-ethyl adjacent to an activating group) is 1. The molecule has 1 amide bonds. The van der Waals surface area contributed by atoms with Gasteiger partial charge in [-0.15, -0.1) is 0 Å². The van der Waals surface area contributed by atoms with E-state index in [1.807, 2.05) is 25.1 Å². The monoisotopic (exact) mass is 446 g/mol. The topological polar surface area (TPSA) is 96.5 Å². The smallest absolute Gasteiger partial charge is 0.293 e. The summed E-state index contributed by atoms with van der Waals surface area (Å²) in [5.74, 6) is -0.267. The number of aryl methyl sites for hydroxylation is 1. The number of hydrogen-bond donors (Lipinski definition) is 2. The molecule has 3 N–H and O–H groups in total. The molecule has 3 aromatic rings. The van der Waals surface area contributed by atoms with Gasteiger partial charge in [-0.2, -0.15) is 0 Å². The molecule has 1 aromatic heterocycles. The second kappa shape index (κ2) is 9.46. The predicted molar refractivity (Wildman–Crippen MR) is 132 cm³/mol. The summed E-state index contributed by atoms with van der Waals surface area (Å²) in [6.45, 7) is 9.26. The first-order valence-corrected chi connectivity index (χ1v) is 11.2. The predicted octanol–water partition coefficient (Wildman–Crippen LogP) is 2.74. The standard InChI is InChI=1S/C25H30N6O2/c1-4-30-12-14-31(15-13-30)19-10-8-18(9-11-19)27-24-25(33)29(3)16-22(28-24)20-6-5-7-21(17(20)2)23(26)32/h5-11,16H,4,12-15H2,1-3H3,(H2,26,32)(H,27,28). The Hall–Kier alpha value is -3.65. The van der Waals surface area contributed by atoms with Gasteiger partial charge < -0.3 is 25.4 Å². The second-order valence-electron chi connectivity index (χ2n) is 8.33. The molecule has 0 unspecified atom stereocenters. The number of carbonyl (C=O) groups excluding carboxylic acids is 1. The zero-order valence-electron chi connectivity index (χ0n) is 19.3. The number of benzene rings is 2. The van der Waals surface area contributed by atoms with E-state index in [1.54, 1.807) is 25.4 Å². The first-order valence-electron chi connectivity index (χ1n) is 11.2. The normalized spacial score (nSPS) is 14.3. The van der Waals surface area contributed by atoms with Crippen molar-refractivity contribution in [1.82, 2.24) is 14.5 Å². The number of amides is 1. The highest BCUT2D eigenvalue weighted by molar-refractivity contribution is 5.96. The maximum atomic E-state index is 12.7. The van der Waals surface area contributed by atoms with Crippen molar-refractivity contribution < 1.29 is 4.79 Å². The lowest BCUT2D eigenvalue weighted by molar-refractivity contribution is 0.0999. The number of carbonyl (C=O) groups is 1. The van der Waals surface area contributed by atoms with E-state index >= 15 is 0 Å². The molecule has 172 valence electrons. The van der Waals surface area contributed by atoms with E-state index < -0.39 is 5.91 Å². The lowest BCUT2D eigenvalue weighted by Crippen LogP contribution is -2.46. The number of nitrogens with zero attached hydrogens (tertiary/aromatic N) is 4. The average Bonchev–Trinajstić information content (AvgIpc) is 2.82. The minimum Gasteiger partial charge on any atom is -0.369 e. The van der Waals surface area contributed by atoms with Crippen LogP contribution in [0.2, 0.25) is 0 Å². The Morgan fingerprint density at radius 1 is 1.09 bits per heavy atom. The molecule has 2 heterocycles. The van der Waals surface area contributed by atoms with E-state index in [9.17, 15) is 9.59 Å². The number of hydrogen-bond acceptors (Lipinski definition) is 6. The molecule has 0 spiro atoms. The van der Waals surface area contributed by atoms with E-state index in [4.69, 9.17) is 5.73 Å². The van der Waals surface area contributed by atoms with Crippen LogP contribution in [-0.2, 0) is 7.05 Å². The van der Waals surface area contributed by atoms with Crippen molar-refractivity contribution in [3.05, 3.63) is 70.1 Å². The lowest BCUT2D eigenvalue weighted by Gasteiger charge is -2.35. The summed E-state index contributed by atoms with van der Waals surface area (Å²) in [6, 6.07) is 13.4. The largest absolute Gasteiger partial charge is 0.369 e. The second-order valence-corrected chi connectivity index (χ2v) is 8.33. The van der Waals surface area contributed by atoms with Crippen molar-refractivity contribution in [2.75, 3.05) is 42.9 Å². The van der Waals surface area contributed by atoms with Gasteiger partial charge in [-0.3, -0.25) is 9.59 Å². The van der Waals surface area contributed by atoms with Gasteiger partial charge in [-0.05, 0) is 49.4 Å². The molecule has 8 heteroatoms. The third-order valence-corrected chi connectivity index (χ3v) is 6.26. The molecule has 0 saturated carbocycles. The fraction of sp³-hybridized carbons (Fsp3) is 0.320. The Kier molecular flexibility index (Phi) is 6.46. The summed E-state index contributed by atoms with van der Waals surface area (Å²) >= 11 is 0. The summed E-state index contributed by atoms with van der Waals surface area (Å²) in [5, 5.41) is 3.16. The van der Waals surface area contributed by atoms with Crippen LogP contribution in [0.3, 0.4) is 0 Å². The number of aromatic nitrogens is 2. The Bertz CT molecular complexity index is 1210. The van der Waals surface area contributed by atoms with Gasteiger partial charge in [-0.1, -0.05) is 19.1 Å². The first kappa shape index (κ1) is 22.5. The SMILES string of the molecule is CCN1CCN(c2ccc(Nc3nc(-c4cccc(C(N)=O)c4C)cn(C)c3=O)cc2)CC1. The molecule has 0 atom stereocenters. The van der Waals surface area contributed by atoms with Crippen LogP contribution in [-0.4, -0.2) is 53.1 Å². The molecule has 1 aliphatic heterocycles. The molecule has 1 saturated heterocycles. The summed E-state index contributed by atoms with van der Waals surface area (Å²) in [6.07, 6.45) is 1.67. The number of piperazine rings is 1. The number of nitrogens with two attached hydrogens (primary N) is 1. The van der Waals surface area contributed by atoms with Crippen LogP contribution in [0.25, 0.3) is 11.3 Å². The van der Waals surface area contributed by atoms with Crippen LogP contribution in [0, 0.1) is 6.92 Å². The zero-order valence-corrected chi connectivity index (χ0v) is 19.3. The highest BCUT2D eigenvalue weighted by Gasteiger charge is 2.17. The van der Waals surface area contributed by atoms with Crippen LogP contribution in [0.1, 0.15) is 22.8 Å². The first-order chi connectivity index (χ1) is 15.9. The van der Waals surface area contributed by atoms with Crippen molar-refractivity contribution >= 4 is 23.1 Å². The van der Waals surface area contributed by atoms with E-state index in [1.165, 1.54) is 10.3 Å². The highest BCUT2D eigenvalue weighted by Crippen LogP contribution is 2.25. The average molecular weight is 447 g/mol. The van der Waals surface area contributed by atoms with E-state index in [0.717, 1.165) is 49.5 Å². The maximum absolute atomic E-state index is 12.7. The lowest BCUT2D eigenvalue weighted by atomic mass is 10.00. The minimum absolute atomic E-state index is 0.225. The van der Waals surface area contributed by atoms with Gasteiger partial charge in [0.2, 0.25) is 5.91 Å². The Morgan fingerprint density at radius 3 is 2.42 bits per heavy atom. The molecule has 0 radical (unpaired) electrons. The Balaban J connectivity index is 1.58. The summed E-state index contributed by atoms with van der Waals surface area (Å²) in [7, 11) is 1.69. The van der Waals surface area contributed by atoms with Crippen molar-refractivity contribution in [2.24, 2.45) is 12.8 Å². The fourth-order valence-corrected chi connectivity index (χ4v) is 4.21. The molecular weight excluding hydrogens is 416 g/mol. The van der Waals surface area contributed by atoms with Crippen molar-refractivity contribution in [3.63, 3.8) is 0 Å². The third kappa shape index (κ3) is 4.75. The minimum atomic E-state index is -0.492. The van der Waals surface area contributed by atoms with Crippen LogP contribution >= 0.6 is 0 Å². The summed E-state index contributed by atoms with van der Waals surface area (Å²) in [5.41, 5.74) is 9.73. The number of anilines is 3. The van der Waals surface area contributed by atoms with Gasteiger partial charge >= 0.3 is 0 Å². The number of nitrogens with one attached hydrogen (secondary N) is 1. The van der Waals surface area contributed by atoms with Gasteiger partial charge in [-0.25, -0.2) is 4.98 Å². The molecule has 1 fully saturated rings. The van der Waals surface area contributed by atoms with Crippen LogP contribution in [0.5, 0.6) is 0 Å². The molecule has 1 aliphatic rings. The molecule has 4 rings (SSSR count). The Labute approximate surface area is 193 Å². The van der Waals surface area contributed by atoms with Crippen LogP contribution in [0.4, 0.5) is 17.2 Å². The fourth-order valence-electron chi connectivity index (χ4n) is 4.21. The third-order valence-electron chi connectivity index (χ3n) is 6.26. The van der Waals surface area contributed by atoms with E-state index in [0.29, 0.717) is 11.3 Å². The van der Waals surface area contributed by atoms with Gasteiger partial charge in [0.05, 0.1) is 5.69 Å². The van der Waals surface area contributed by atoms with Crippen LogP contribution in [0.15, 0.2) is 53.5 Å². The Morgan fingerprint density at radius 2 is 1.79 bits per heavy atom. The highest BCUT2D eigenvalue weighted by atomic mass is 16.1. The van der Waals surface area contributed by atoms with Gasteiger partial charge in [0, 0.05) is 61.9 Å². The summed E-state index contributed by atoms with van der Waals surface area (Å²) in [4.78, 5) is 33.9. The van der Waals surface area contributed by atoms with E-state index in [2.05, 4.69) is 39.2 Å². The van der Waals surface area contributed by atoms with Crippen LogP contribution < -0.4 is 21.5 Å². The molecule has 0 bridgehead atoms. The molecule has 2 aromatic carbocycles. The molecule has 0 aliphatic carbocycles. The summed E-state index contributed by atoms with van der Waals surface area (Å²) < 4.78 is 1.49. The van der Waals surface area contributed by atoms with Gasteiger partial charge in [0.1, 0.15) is 0 Å². The van der Waals surface area contributed by atoms with Crippen molar-refractivity contribution in [2.45, 2.75) is 13.8 Å². The van der Waals surface area contributed by atoms with E-state index in [-0.39, 0.29) is 11.4 Å². The maximum Gasteiger partial charge on any atom is 0.293 e. The number of rotatable bonds is 6. The quantitative estimate of drug-likeness (QED) is 0.604.